The van der Waals surface area contributed by atoms with E-state index in [2.05, 4.69) is 41.7 Å². The van der Waals surface area contributed by atoms with E-state index in [4.69, 9.17) is 13.4 Å². The van der Waals surface area contributed by atoms with Crippen molar-refractivity contribution in [3.05, 3.63) is 91.0 Å². The number of nitrogens with zero attached hydrogens (tertiary/aromatic N) is 1. The van der Waals surface area contributed by atoms with Crippen LogP contribution in [0, 0.1) is 5.41 Å². The fraction of sp³-hybridized carbons (Fsp3) is 0.133. The van der Waals surface area contributed by atoms with Crippen LogP contribution in [0.2, 0.25) is 0 Å². The van der Waals surface area contributed by atoms with Crippen LogP contribution in [0.15, 0.2) is 99.4 Å². The zero-order chi connectivity index (χ0) is 24.9. The van der Waals surface area contributed by atoms with Gasteiger partial charge in [-0.1, -0.05) is 87.5 Å². The minimum Gasteiger partial charge on any atom is -0.415 e. The second-order valence-electron chi connectivity index (χ2n) is 9.84. The lowest BCUT2D eigenvalue weighted by Crippen LogP contribution is -2.27. The molecule has 0 bridgehead atoms. The zero-order valence-corrected chi connectivity index (χ0v) is 21.2. The van der Waals surface area contributed by atoms with Crippen molar-refractivity contribution < 1.29 is 13.2 Å². The number of amides is 1. The van der Waals surface area contributed by atoms with Crippen LogP contribution in [0.1, 0.15) is 20.8 Å². The van der Waals surface area contributed by atoms with Crippen molar-refractivity contribution in [3.63, 3.8) is 0 Å². The second kappa shape index (κ2) is 8.54. The largest absolute Gasteiger partial charge is 0.415 e. The van der Waals surface area contributed by atoms with E-state index in [-0.39, 0.29) is 5.91 Å². The number of carbonyl (C=O) groups is 1. The van der Waals surface area contributed by atoms with E-state index < -0.39 is 13.4 Å². The van der Waals surface area contributed by atoms with Crippen LogP contribution in [0.5, 0.6) is 0 Å². The van der Waals surface area contributed by atoms with Crippen LogP contribution in [-0.2, 0) is 4.79 Å². The molecular formula is C30H25N2O3P. The van der Waals surface area contributed by atoms with E-state index in [1.54, 1.807) is 6.07 Å². The molecule has 178 valence electrons. The van der Waals surface area contributed by atoms with Crippen molar-refractivity contribution in [3.8, 4) is 5.44 Å². The third kappa shape index (κ3) is 3.92. The minimum absolute atomic E-state index is 0.101. The highest BCUT2D eigenvalue weighted by Gasteiger charge is 2.22. The summed E-state index contributed by atoms with van der Waals surface area (Å²) in [6.45, 7) is 5.61. The highest BCUT2D eigenvalue weighted by atomic mass is 31.1. The van der Waals surface area contributed by atoms with Crippen molar-refractivity contribution in [2.45, 2.75) is 20.8 Å². The number of hydrogen-bond acceptors (Lipinski definition) is 4. The van der Waals surface area contributed by atoms with Crippen molar-refractivity contribution in [2.75, 3.05) is 5.32 Å². The van der Waals surface area contributed by atoms with E-state index in [0.29, 0.717) is 11.3 Å². The Morgan fingerprint density at radius 1 is 0.722 bits per heavy atom. The Kier molecular flexibility index (Phi) is 5.31. The summed E-state index contributed by atoms with van der Waals surface area (Å²) in [5.41, 5.74) is 1.61. The van der Waals surface area contributed by atoms with Gasteiger partial charge in [0, 0.05) is 16.2 Å². The molecule has 0 unspecified atom stereocenters. The standard InChI is InChI=1S/C30H25N2O3P/c1-30(2,3)29(33)32-25-13-8-14-26(31-25)36-34-23-17-15-19-9-4-6-11-21(19)27(23)28-22-12-7-5-10-20(22)16-18-24(28)35-36/h4-18H,1-3H3,(H,31,32,33). The van der Waals surface area contributed by atoms with E-state index in [9.17, 15) is 4.79 Å². The first-order valence-corrected chi connectivity index (χ1v) is 13.0. The van der Waals surface area contributed by atoms with Gasteiger partial charge in [0.05, 0.1) is 0 Å². The third-order valence-corrected chi connectivity index (χ3v) is 7.59. The first kappa shape index (κ1) is 22.4. The molecule has 6 heteroatoms. The minimum atomic E-state index is -1.61. The van der Waals surface area contributed by atoms with Gasteiger partial charge in [0.1, 0.15) is 17.0 Å². The Bertz CT molecular complexity index is 1740. The van der Waals surface area contributed by atoms with Crippen LogP contribution in [-0.4, -0.2) is 10.9 Å². The average Bonchev–Trinajstić information content (AvgIpc) is 3.05. The first-order valence-electron chi connectivity index (χ1n) is 11.9. The Hall–Kier alpha value is -4.08. The molecule has 4 aromatic carbocycles. The number of nitrogens with one attached hydrogen (secondary N) is 1. The smallest absolute Gasteiger partial charge is 0.272 e. The SMILES string of the molecule is CC(C)(C)C(=O)Nc1cccc(-p2oc3ccc4ccccc4c3c3c(ccc4ccccc43)o2)n1. The quantitative estimate of drug-likeness (QED) is 0.262. The highest BCUT2D eigenvalue weighted by Crippen LogP contribution is 2.45. The number of benzene rings is 4. The number of aromatic nitrogens is 1. The molecule has 5 nitrogen and oxygen atoms in total. The summed E-state index contributed by atoms with van der Waals surface area (Å²) < 4.78 is 13.2. The molecule has 6 aromatic rings. The van der Waals surface area contributed by atoms with Crippen LogP contribution in [0.4, 0.5) is 5.82 Å². The summed E-state index contributed by atoms with van der Waals surface area (Å²) in [4.78, 5) is 17.3. The van der Waals surface area contributed by atoms with Gasteiger partial charge in [-0.25, -0.2) is 4.98 Å². The second-order valence-corrected chi connectivity index (χ2v) is 11.2. The van der Waals surface area contributed by atoms with Crippen LogP contribution in [0.3, 0.4) is 0 Å². The van der Waals surface area contributed by atoms with E-state index in [0.717, 1.165) is 43.5 Å². The van der Waals surface area contributed by atoms with E-state index >= 15 is 0 Å². The molecule has 1 amide bonds. The van der Waals surface area contributed by atoms with Gasteiger partial charge in [-0.15, -0.1) is 0 Å². The summed E-state index contributed by atoms with van der Waals surface area (Å²) in [5, 5.41) is 9.42. The topological polar surface area (TPSA) is 68.3 Å². The molecule has 6 rings (SSSR count). The first-order chi connectivity index (χ1) is 17.4. The van der Waals surface area contributed by atoms with Gasteiger partial charge in [0.2, 0.25) is 5.91 Å². The van der Waals surface area contributed by atoms with Gasteiger partial charge in [0.25, 0.3) is 8.01 Å². The molecular weight excluding hydrogens is 467 g/mol. The number of hydrogen-bond donors (Lipinski definition) is 1. The van der Waals surface area contributed by atoms with Gasteiger partial charge in [-0.3, -0.25) is 4.79 Å². The van der Waals surface area contributed by atoms with Crippen molar-refractivity contribution in [1.82, 2.24) is 4.98 Å². The number of carbonyl (C=O) groups excluding carboxylic acids is 1. The Labute approximate surface area is 209 Å². The third-order valence-electron chi connectivity index (χ3n) is 6.24. The molecule has 0 saturated heterocycles. The molecule has 0 fully saturated rings. The van der Waals surface area contributed by atoms with Crippen LogP contribution >= 0.6 is 8.01 Å². The molecule has 2 heterocycles. The highest BCUT2D eigenvalue weighted by molar-refractivity contribution is 7.45. The lowest BCUT2D eigenvalue weighted by molar-refractivity contribution is -0.123. The lowest BCUT2D eigenvalue weighted by atomic mass is 9.96. The number of rotatable bonds is 2. The fourth-order valence-corrected chi connectivity index (χ4v) is 5.64. The molecule has 0 atom stereocenters. The van der Waals surface area contributed by atoms with Gasteiger partial charge in [-0.2, -0.15) is 0 Å². The summed E-state index contributed by atoms with van der Waals surface area (Å²) in [7, 11) is -1.61. The summed E-state index contributed by atoms with van der Waals surface area (Å²) in [6, 6.07) is 30.3. The van der Waals surface area contributed by atoms with Crippen molar-refractivity contribution >= 4 is 63.2 Å². The summed E-state index contributed by atoms with van der Waals surface area (Å²) >= 11 is 0. The molecule has 0 radical (unpaired) electrons. The van der Waals surface area contributed by atoms with Gasteiger partial charge in [0.15, 0.2) is 5.44 Å². The summed E-state index contributed by atoms with van der Waals surface area (Å²) in [6.07, 6.45) is 0. The van der Waals surface area contributed by atoms with Gasteiger partial charge < -0.3 is 13.7 Å². The molecule has 0 spiro atoms. The fourth-order valence-electron chi connectivity index (χ4n) is 4.36. The Morgan fingerprint density at radius 3 is 1.83 bits per heavy atom. The van der Waals surface area contributed by atoms with E-state index in [1.165, 1.54) is 0 Å². The molecule has 2 aromatic heterocycles. The molecule has 36 heavy (non-hydrogen) atoms. The van der Waals surface area contributed by atoms with E-state index in [1.807, 2.05) is 69.3 Å². The average molecular weight is 493 g/mol. The van der Waals surface area contributed by atoms with Crippen LogP contribution < -0.4 is 5.32 Å². The molecule has 1 N–H and O–H groups in total. The maximum atomic E-state index is 12.5. The number of fused-ring (bicyclic) bond motifs is 7. The molecule has 0 aliphatic rings. The predicted molar refractivity (Wildman–Crippen MR) is 149 cm³/mol. The Balaban J connectivity index is 1.67. The van der Waals surface area contributed by atoms with Gasteiger partial charge in [-0.05, 0) is 45.8 Å². The lowest BCUT2D eigenvalue weighted by Gasteiger charge is -2.17. The normalized spacial score (nSPS) is 11.9. The van der Waals surface area contributed by atoms with Gasteiger partial charge >= 0.3 is 0 Å². The maximum absolute atomic E-state index is 12.5. The maximum Gasteiger partial charge on any atom is 0.272 e. The Morgan fingerprint density at radius 2 is 1.28 bits per heavy atom. The van der Waals surface area contributed by atoms with Crippen LogP contribution in [0.25, 0.3) is 48.9 Å². The molecule has 0 aliphatic heterocycles. The van der Waals surface area contributed by atoms with Crippen molar-refractivity contribution in [1.29, 1.82) is 0 Å². The molecule has 0 saturated carbocycles. The summed E-state index contributed by atoms with van der Waals surface area (Å²) in [5.74, 6) is 0.375. The number of pyridine rings is 1. The predicted octanol–water partition coefficient (Wildman–Crippen LogP) is 8.97. The molecule has 0 aliphatic carbocycles. The number of anilines is 1. The monoisotopic (exact) mass is 492 g/mol. The van der Waals surface area contributed by atoms with Crippen molar-refractivity contribution in [2.24, 2.45) is 5.41 Å². The zero-order valence-electron chi connectivity index (χ0n) is 20.3.